The molecule has 2 N–H and O–H groups in total. The highest BCUT2D eigenvalue weighted by Crippen LogP contribution is 2.17. The molecule has 1 aromatic heterocycles. The van der Waals surface area contributed by atoms with Crippen LogP contribution >= 0.6 is 15.9 Å². The van der Waals surface area contributed by atoms with Gasteiger partial charge in [0.1, 0.15) is 4.47 Å². The maximum Gasteiger partial charge on any atom is 0.283 e. The second-order valence-corrected chi connectivity index (χ2v) is 5.57. The first kappa shape index (κ1) is 16.2. The first-order valence-electron chi connectivity index (χ1n) is 6.70. The first-order chi connectivity index (χ1) is 9.07. The van der Waals surface area contributed by atoms with Gasteiger partial charge in [-0.2, -0.15) is 5.10 Å². The number of halogens is 1. The molecule has 1 rings (SSSR count). The van der Waals surface area contributed by atoms with E-state index in [2.05, 4.69) is 26.3 Å². The molecule has 0 aliphatic heterocycles. The van der Waals surface area contributed by atoms with E-state index in [4.69, 9.17) is 5.11 Å². The maximum absolute atomic E-state index is 12.0. The SMILES string of the molecule is CC(C)n1ncc(NCCCCCCO)c(Br)c1=O. The Labute approximate surface area is 122 Å². The molecular weight excluding hydrogens is 310 g/mol. The average Bonchev–Trinajstić information content (AvgIpc) is 2.38. The summed E-state index contributed by atoms with van der Waals surface area (Å²) in [4.78, 5) is 12.0. The fourth-order valence-corrected chi connectivity index (χ4v) is 2.17. The number of anilines is 1. The minimum atomic E-state index is -0.111. The van der Waals surface area contributed by atoms with Gasteiger partial charge < -0.3 is 10.4 Å². The monoisotopic (exact) mass is 331 g/mol. The third-order valence-corrected chi connectivity index (χ3v) is 3.60. The molecule has 0 amide bonds. The van der Waals surface area contributed by atoms with E-state index in [1.54, 1.807) is 6.20 Å². The van der Waals surface area contributed by atoms with E-state index < -0.39 is 0 Å². The molecule has 0 aliphatic carbocycles. The van der Waals surface area contributed by atoms with Crippen molar-refractivity contribution in [2.45, 2.75) is 45.6 Å². The molecular formula is C13H22BrN3O2. The summed E-state index contributed by atoms with van der Waals surface area (Å²) in [5, 5.41) is 16.0. The normalized spacial score (nSPS) is 11.0. The van der Waals surface area contributed by atoms with Gasteiger partial charge in [0.2, 0.25) is 0 Å². The van der Waals surface area contributed by atoms with Gasteiger partial charge in [0.15, 0.2) is 0 Å². The maximum atomic E-state index is 12.0. The lowest BCUT2D eigenvalue weighted by Crippen LogP contribution is -2.26. The van der Waals surface area contributed by atoms with Crippen LogP contribution in [0.3, 0.4) is 0 Å². The van der Waals surface area contributed by atoms with Crippen LogP contribution in [0.25, 0.3) is 0 Å². The Morgan fingerprint density at radius 3 is 2.68 bits per heavy atom. The van der Waals surface area contributed by atoms with Crippen molar-refractivity contribution in [3.05, 3.63) is 21.0 Å². The lowest BCUT2D eigenvalue weighted by atomic mass is 10.2. The Bertz CT molecular complexity index is 446. The summed E-state index contributed by atoms with van der Waals surface area (Å²) in [6.45, 7) is 4.91. The molecule has 0 aliphatic rings. The number of hydrogen-bond donors (Lipinski definition) is 2. The second-order valence-electron chi connectivity index (χ2n) is 4.78. The third kappa shape index (κ3) is 4.95. The Morgan fingerprint density at radius 1 is 1.37 bits per heavy atom. The second kappa shape index (κ2) is 8.32. The van der Waals surface area contributed by atoms with Crippen molar-refractivity contribution in [2.75, 3.05) is 18.5 Å². The molecule has 0 radical (unpaired) electrons. The minimum Gasteiger partial charge on any atom is -0.396 e. The van der Waals surface area contributed by atoms with Gasteiger partial charge in [-0.05, 0) is 42.6 Å². The van der Waals surface area contributed by atoms with Gasteiger partial charge in [0.25, 0.3) is 5.56 Å². The molecule has 0 unspecified atom stereocenters. The molecule has 0 saturated carbocycles. The molecule has 19 heavy (non-hydrogen) atoms. The summed E-state index contributed by atoms with van der Waals surface area (Å²) in [6.07, 6.45) is 5.66. The fraction of sp³-hybridized carbons (Fsp3) is 0.692. The minimum absolute atomic E-state index is 0.0522. The lowest BCUT2D eigenvalue weighted by molar-refractivity contribution is 0.283. The number of rotatable bonds is 8. The van der Waals surface area contributed by atoms with Crippen molar-refractivity contribution in [2.24, 2.45) is 0 Å². The van der Waals surface area contributed by atoms with Crippen LogP contribution < -0.4 is 10.9 Å². The van der Waals surface area contributed by atoms with Crippen molar-refractivity contribution >= 4 is 21.6 Å². The smallest absolute Gasteiger partial charge is 0.283 e. The van der Waals surface area contributed by atoms with Crippen LogP contribution in [0.1, 0.15) is 45.6 Å². The van der Waals surface area contributed by atoms with Crippen LogP contribution in [0.2, 0.25) is 0 Å². The van der Waals surface area contributed by atoms with Crippen LogP contribution in [-0.4, -0.2) is 28.0 Å². The van der Waals surface area contributed by atoms with Crippen LogP contribution in [0.15, 0.2) is 15.5 Å². The predicted octanol–water partition coefficient (Wildman–Crippen LogP) is 2.55. The van der Waals surface area contributed by atoms with Gasteiger partial charge in [-0.15, -0.1) is 0 Å². The Hall–Kier alpha value is -0.880. The number of nitrogens with one attached hydrogen (secondary N) is 1. The summed E-state index contributed by atoms with van der Waals surface area (Å²) < 4.78 is 1.99. The largest absolute Gasteiger partial charge is 0.396 e. The zero-order valence-electron chi connectivity index (χ0n) is 11.5. The zero-order chi connectivity index (χ0) is 14.3. The number of unbranched alkanes of at least 4 members (excludes halogenated alkanes) is 3. The average molecular weight is 332 g/mol. The van der Waals surface area contributed by atoms with Crippen LogP contribution in [0.5, 0.6) is 0 Å². The predicted molar refractivity (Wildman–Crippen MR) is 80.6 cm³/mol. The van der Waals surface area contributed by atoms with E-state index in [0.29, 0.717) is 4.47 Å². The van der Waals surface area contributed by atoms with Gasteiger partial charge in [0.05, 0.1) is 17.9 Å². The Balaban J connectivity index is 2.51. The highest BCUT2D eigenvalue weighted by molar-refractivity contribution is 9.10. The van der Waals surface area contributed by atoms with Crippen molar-refractivity contribution in [1.82, 2.24) is 9.78 Å². The molecule has 1 aromatic rings. The lowest BCUT2D eigenvalue weighted by Gasteiger charge is -2.12. The summed E-state index contributed by atoms with van der Waals surface area (Å²) in [6, 6.07) is 0.0522. The van der Waals surface area contributed by atoms with E-state index in [0.717, 1.165) is 37.9 Å². The highest BCUT2D eigenvalue weighted by Gasteiger charge is 2.10. The van der Waals surface area contributed by atoms with E-state index in [1.807, 2.05) is 13.8 Å². The van der Waals surface area contributed by atoms with E-state index in [9.17, 15) is 4.79 Å². The van der Waals surface area contributed by atoms with Crippen LogP contribution in [0, 0.1) is 0 Å². The summed E-state index contributed by atoms with van der Waals surface area (Å²) >= 11 is 3.32. The molecule has 6 heteroatoms. The van der Waals surface area contributed by atoms with Crippen LogP contribution in [-0.2, 0) is 0 Å². The van der Waals surface area contributed by atoms with Gasteiger partial charge >= 0.3 is 0 Å². The van der Waals surface area contributed by atoms with Gasteiger partial charge in [-0.25, -0.2) is 4.68 Å². The molecule has 5 nitrogen and oxygen atoms in total. The van der Waals surface area contributed by atoms with Crippen molar-refractivity contribution in [3.8, 4) is 0 Å². The molecule has 0 saturated heterocycles. The number of aliphatic hydroxyl groups is 1. The molecule has 0 bridgehead atoms. The molecule has 108 valence electrons. The molecule has 0 atom stereocenters. The van der Waals surface area contributed by atoms with Gasteiger partial charge in [-0.1, -0.05) is 12.8 Å². The fourth-order valence-electron chi connectivity index (χ4n) is 1.75. The zero-order valence-corrected chi connectivity index (χ0v) is 13.1. The number of aliphatic hydroxyl groups excluding tert-OH is 1. The highest BCUT2D eigenvalue weighted by atomic mass is 79.9. The standard InChI is InChI=1S/C13H22BrN3O2/c1-10(2)17-13(19)12(14)11(9-16-17)15-7-5-3-4-6-8-18/h9-10,15,18H,3-8H2,1-2H3. The first-order valence-corrected chi connectivity index (χ1v) is 7.49. The van der Waals surface area contributed by atoms with Crippen molar-refractivity contribution in [3.63, 3.8) is 0 Å². The Kier molecular flexibility index (Phi) is 7.09. The molecule has 0 spiro atoms. The van der Waals surface area contributed by atoms with Crippen molar-refractivity contribution in [1.29, 1.82) is 0 Å². The number of hydrogen-bond acceptors (Lipinski definition) is 4. The summed E-state index contributed by atoms with van der Waals surface area (Å²) in [5.41, 5.74) is 0.629. The van der Waals surface area contributed by atoms with Crippen LogP contribution in [0.4, 0.5) is 5.69 Å². The molecule has 1 heterocycles. The quantitative estimate of drug-likeness (QED) is 0.718. The number of aromatic nitrogens is 2. The Morgan fingerprint density at radius 2 is 2.05 bits per heavy atom. The van der Waals surface area contributed by atoms with E-state index in [-0.39, 0.29) is 18.2 Å². The van der Waals surface area contributed by atoms with Crippen molar-refractivity contribution < 1.29 is 5.11 Å². The molecule has 0 aromatic carbocycles. The number of nitrogens with zero attached hydrogens (tertiary/aromatic N) is 2. The summed E-state index contributed by atoms with van der Waals surface area (Å²) in [7, 11) is 0. The van der Waals surface area contributed by atoms with Gasteiger partial charge in [0, 0.05) is 13.2 Å². The van der Waals surface area contributed by atoms with E-state index >= 15 is 0 Å². The summed E-state index contributed by atoms with van der Waals surface area (Å²) in [5.74, 6) is 0. The topological polar surface area (TPSA) is 67.2 Å². The van der Waals surface area contributed by atoms with Gasteiger partial charge in [-0.3, -0.25) is 4.79 Å². The molecule has 0 fully saturated rings. The third-order valence-electron chi connectivity index (χ3n) is 2.83. The van der Waals surface area contributed by atoms with E-state index in [1.165, 1.54) is 4.68 Å².